The second-order valence-electron chi connectivity index (χ2n) is 5.23. The molecule has 0 atom stereocenters. The van der Waals surface area contributed by atoms with Crippen molar-refractivity contribution in [3.63, 3.8) is 0 Å². The van der Waals surface area contributed by atoms with Crippen LogP contribution in [-0.2, 0) is 16.4 Å². The molecule has 23 heavy (non-hydrogen) atoms. The second-order valence-corrected chi connectivity index (χ2v) is 7.06. The summed E-state index contributed by atoms with van der Waals surface area (Å²) in [4.78, 5) is 12.3. The number of sulfonamides is 1. The number of ether oxygens (including phenoxy) is 1. The molecule has 3 rings (SSSR count). The van der Waals surface area contributed by atoms with E-state index in [1.165, 1.54) is 12.1 Å². The lowest BCUT2D eigenvalue weighted by molar-refractivity contribution is 0.0857. The molecule has 5 nitrogen and oxygen atoms in total. The van der Waals surface area contributed by atoms with Crippen molar-refractivity contribution >= 4 is 15.9 Å². The van der Waals surface area contributed by atoms with Gasteiger partial charge in [0.25, 0.3) is 15.9 Å². The lowest BCUT2D eigenvalue weighted by Crippen LogP contribution is -2.33. The third-order valence-corrected chi connectivity index (χ3v) is 5.62. The van der Waals surface area contributed by atoms with Gasteiger partial charge in [0.2, 0.25) is 0 Å². The van der Waals surface area contributed by atoms with Crippen LogP contribution in [0, 0.1) is 0 Å². The van der Waals surface area contributed by atoms with Crippen molar-refractivity contribution in [2.24, 2.45) is 0 Å². The van der Waals surface area contributed by atoms with Gasteiger partial charge in [-0.25, -0.2) is 12.7 Å². The number of carbonyl (C=O) groups excluding carboxylic acids is 1. The quantitative estimate of drug-likeness (QED) is 0.844. The molecule has 6 heteroatoms. The molecule has 1 aliphatic heterocycles. The van der Waals surface area contributed by atoms with E-state index in [0.717, 1.165) is 16.3 Å². The Morgan fingerprint density at radius 3 is 2.61 bits per heavy atom. The molecule has 0 spiro atoms. The van der Waals surface area contributed by atoms with Crippen LogP contribution >= 0.6 is 0 Å². The molecule has 0 bridgehead atoms. The van der Waals surface area contributed by atoms with Crippen molar-refractivity contribution in [3.05, 3.63) is 59.7 Å². The number of rotatable bonds is 5. The lowest BCUT2D eigenvalue weighted by atomic mass is 10.2. The summed E-state index contributed by atoms with van der Waals surface area (Å²) in [6.45, 7) is 2.16. The first-order chi connectivity index (χ1) is 11.0. The van der Waals surface area contributed by atoms with Crippen LogP contribution in [0.3, 0.4) is 0 Å². The topological polar surface area (TPSA) is 63.7 Å². The fourth-order valence-corrected chi connectivity index (χ4v) is 4.11. The zero-order chi connectivity index (χ0) is 16.4. The van der Waals surface area contributed by atoms with Crippen LogP contribution in [-0.4, -0.2) is 31.8 Å². The van der Waals surface area contributed by atoms with E-state index in [0.29, 0.717) is 5.75 Å². The minimum atomic E-state index is -3.76. The molecule has 0 fully saturated rings. The third kappa shape index (κ3) is 2.82. The number of hydrogen-bond acceptors (Lipinski definition) is 4. The van der Waals surface area contributed by atoms with Crippen LogP contribution in [0.5, 0.6) is 5.75 Å². The molecule has 1 aliphatic rings. The first-order valence-electron chi connectivity index (χ1n) is 7.42. The Labute approximate surface area is 135 Å². The summed E-state index contributed by atoms with van der Waals surface area (Å²) in [6, 6.07) is 13.9. The largest absolute Gasteiger partial charge is 0.492 e. The predicted molar refractivity (Wildman–Crippen MR) is 86.0 cm³/mol. The first kappa shape index (κ1) is 15.6. The van der Waals surface area contributed by atoms with Crippen molar-refractivity contribution < 1.29 is 17.9 Å². The van der Waals surface area contributed by atoms with Gasteiger partial charge in [-0.3, -0.25) is 4.79 Å². The number of hydrogen-bond donors (Lipinski definition) is 0. The van der Waals surface area contributed by atoms with Gasteiger partial charge in [0.15, 0.2) is 0 Å². The van der Waals surface area contributed by atoms with Gasteiger partial charge in [-0.1, -0.05) is 31.2 Å². The molecule has 2 aromatic rings. The SMILES string of the molecule is CCc1cccc(OCCN2C(=O)c3ccccc3S2(=O)=O)c1. The first-order valence-corrected chi connectivity index (χ1v) is 8.86. The second kappa shape index (κ2) is 6.04. The van der Waals surface area contributed by atoms with Gasteiger partial charge in [-0.05, 0) is 36.2 Å². The van der Waals surface area contributed by atoms with Gasteiger partial charge >= 0.3 is 0 Å². The molecular weight excluding hydrogens is 314 g/mol. The minimum absolute atomic E-state index is 0.00774. The van der Waals surface area contributed by atoms with Gasteiger partial charge in [-0.2, -0.15) is 0 Å². The van der Waals surface area contributed by atoms with Crippen LogP contribution in [0.25, 0.3) is 0 Å². The molecule has 2 aromatic carbocycles. The standard InChI is InChI=1S/C17H17NO4S/c1-2-13-6-5-7-14(12-13)22-11-10-18-17(19)15-8-3-4-9-16(15)23(18,20)21/h3-9,12H,2,10-11H2,1H3. The number of fused-ring (bicyclic) bond motifs is 1. The molecule has 0 aromatic heterocycles. The van der Waals surface area contributed by atoms with Crippen molar-refractivity contribution in [1.82, 2.24) is 4.31 Å². The van der Waals surface area contributed by atoms with Crippen LogP contribution in [0.15, 0.2) is 53.4 Å². The van der Waals surface area contributed by atoms with E-state index in [-0.39, 0.29) is 23.6 Å². The zero-order valence-corrected chi connectivity index (χ0v) is 13.5. The van der Waals surface area contributed by atoms with Gasteiger partial charge in [0, 0.05) is 0 Å². The molecule has 1 heterocycles. The Hall–Kier alpha value is -2.34. The molecule has 0 aliphatic carbocycles. The predicted octanol–water partition coefficient (Wildman–Crippen LogP) is 2.47. The monoisotopic (exact) mass is 331 g/mol. The Bertz CT molecular complexity index is 845. The molecule has 1 amide bonds. The average molecular weight is 331 g/mol. The average Bonchev–Trinajstić information content (AvgIpc) is 2.76. The number of nitrogens with zero attached hydrogens (tertiary/aromatic N) is 1. The molecule has 0 saturated carbocycles. The minimum Gasteiger partial charge on any atom is -0.492 e. The Morgan fingerprint density at radius 1 is 1.09 bits per heavy atom. The van der Waals surface area contributed by atoms with Crippen molar-refractivity contribution in [1.29, 1.82) is 0 Å². The van der Waals surface area contributed by atoms with E-state index in [4.69, 9.17) is 4.74 Å². The summed E-state index contributed by atoms with van der Waals surface area (Å²) in [5.41, 5.74) is 1.36. The maximum atomic E-state index is 12.4. The number of amides is 1. The summed E-state index contributed by atoms with van der Waals surface area (Å²) in [7, 11) is -3.76. The highest BCUT2D eigenvalue weighted by Gasteiger charge is 2.40. The Kier molecular flexibility index (Phi) is 4.09. The van der Waals surface area contributed by atoms with Crippen molar-refractivity contribution in [3.8, 4) is 5.75 Å². The number of aryl methyl sites for hydroxylation is 1. The van der Waals surface area contributed by atoms with Crippen molar-refractivity contribution in [2.75, 3.05) is 13.2 Å². The van der Waals surface area contributed by atoms with Crippen molar-refractivity contribution in [2.45, 2.75) is 18.2 Å². The van der Waals surface area contributed by atoms with Gasteiger partial charge in [-0.15, -0.1) is 0 Å². The molecule has 0 N–H and O–H groups in total. The van der Waals surface area contributed by atoms with Crippen LogP contribution in [0.2, 0.25) is 0 Å². The third-order valence-electron chi connectivity index (χ3n) is 3.78. The van der Waals surface area contributed by atoms with Gasteiger partial charge < -0.3 is 4.74 Å². The Morgan fingerprint density at radius 2 is 1.87 bits per heavy atom. The summed E-state index contributed by atoms with van der Waals surface area (Å²) < 4.78 is 31.2. The molecular formula is C17H17NO4S. The van der Waals surface area contributed by atoms with E-state index in [1.54, 1.807) is 12.1 Å². The summed E-state index contributed by atoms with van der Waals surface area (Å²) >= 11 is 0. The number of benzene rings is 2. The molecule has 120 valence electrons. The van der Waals surface area contributed by atoms with Crippen LogP contribution in [0.1, 0.15) is 22.8 Å². The van der Waals surface area contributed by atoms with Crippen LogP contribution in [0.4, 0.5) is 0 Å². The smallest absolute Gasteiger partial charge is 0.269 e. The fraction of sp³-hybridized carbons (Fsp3) is 0.235. The van der Waals surface area contributed by atoms with E-state index in [2.05, 4.69) is 0 Å². The highest BCUT2D eigenvalue weighted by atomic mass is 32.2. The zero-order valence-electron chi connectivity index (χ0n) is 12.7. The fourth-order valence-electron chi connectivity index (χ4n) is 2.55. The maximum Gasteiger partial charge on any atom is 0.269 e. The normalized spacial score (nSPS) is 15.5. The number of carbonyl (C=O) groups is 1. The van der Waals surface area contributed by atoms with E-state index < -0.39 is 15.9 Å². The van der Waals surface area contributed by atoms with E-state index in [1.807, 2.05) is 31.2 Å². The highest BCUT2D eigenvalue weighted by molar-refractivity contribution is 7.90. The lowest BCUT2D eigenvalue weighted by Gasteiger charge is -2.15. The molecule has 0 unspecified atom stereocenters. The Balaban J connectivity index is 1.71. The summed E-state index contributed by atoms with van der Waals surface area (Å²) in [6.07, 6.45) is 0.894. The van der Waals surface area contributed by atoms with Crippen LogP contribution < -0.4 is 4.74 Å². The molecule has 0 radical (unpaired) electrons. The summed E-state index contributed by atoms with van der Waals surface area (Å²) in [5.74, 6) is 0.178. The van der Waals surface area contributed by atoms with E-state index >= 15 is 0 Å². The maximum absolute atomic E-state index is 12.4. The summed E-state index contributed by atoms with van der Waals surface area (Å²) in [5, 5.41) is 0. The molecule has 0 saturated heterocycles. The highest BCUT2D eigenvalue weighted by Crippen LogP contribution is 2.29. The van der Waals surface area contributed by atoms with Gasteiger partial charge in [0.05, 0.1) is 12.1 Å². The van der Waals surface area contributed by atoms with E-state index in [9.17, 15) is 13.2 Å². The van der Waals surface area contributed by atoms with Gasteiger partial charge in [0.1, 0.15) is 17.3 Å².